The van der Waals surface area contributed by atoms with Crippen molar-refractivity contribution in [2.24, 2.45) is 11.1 Å². The maximum absolute atomic E-state index is 6.20. The molecule has 0 amide bonds. The summed E-state index contributed by atoms with van der Waals surface area (Å²) in [5.41, 5.74) is 6.54. The second kappa shape index (κ2) is 6.17. The highest BCUT2D eigenvalue weighted by Crippen LogP contribution is 2.21. The van der Waals surface area contributed by atoms with Crippen LogP contribution in [0.4, 0.5) is 0 Å². The molecule has 3 nitrogen and oxygen atoms in total. The average Bonchev–Trinajstić information content (AvgIpc) is 2.17. The van der Waals surface area contributed by atoms with Crippen LogP contribution in [-0.4, -0.2) is 42.8 Å². The zero-order chi connectivity index (χ0) is 13.1. The van der Waals surface area contributed by atoms with Gasteiger partial charge in [-0.2, -0.15) is 0 Å². The molecule has 1 heterocycles. The summed E-state index contributed by atoms with van der Waals surface area (Å²) in [6.07, 6.45) is 2.56. The summed E-state index contributed by atoms with van der Waals surface area (Å²) in [6, 6.07) is 0.855. The van der Waals surface area contributed by atoms with Gasteiger partial charge in [-0.1, -0.05) is 20.8 Å². The number of morpholine rings is 1. The largest absolute Gasteiger partial charge is 0.376 e. The fraction of sp³-hybridized carbons (Fsp3) is 1.00. The highest BCUT2D eigenvalue weighted by atomic mass is 16.5. The molecule has 3 unspecified atom stereocenters. The van der Waals surface area contributed by atoms with Crippen molar-refractivity contribution in [2.75, 3.05) is 19.7 Å². The molecule has 17 heavy (non-hydrogen) atoms. The van der Waals surface area contributed by atoms with Crippen LogP contribution in [-0.2, 0) is 4.74 Å². The van der Waals surface area contributed by atoms with Crippen LogP contribution in [0.1, 0.15) is 47.5 Å². The van der Waals surface area contributed by atoms with Crippen molar-refractivity contribution < 1.29 is 4.74 Å². The Morgan fingerprint density at radius 1 is 1.35 bits per heavy atom. The summed E-state index contributed by atoms with van der Waals surface area (Å²) in [5.74, 6) is 0. The summed E-state index contributed by atoms with van der Waals surface area (Å²) in [4.78, 5) is 2.51. The van der Waals surface area contributed by atoms with E-state index in [1.54, 1.807) is 0 Å². The van der Waals surface area contributed by atoms with Gasteiger partial charge in [0, 0.05) is 25.2 Å². The average molecular weight is 242 g/mol. The van der Waals surface area contributed by atoms with Crippen molar-refractivity contribution in [3.05, 3.63) is 0 Å². The number of hydrogen-bond donors (Lipinski definition) is 1. The van der Waals surface area contributed by atoms with Gasteiger partial charge in [0.2, 0.25) is 0 Å². The van der Waals surface area contributed by atoms with E-state index in [0.717, 1.165) is 32.5 Å². The van der Waals surface area contributed by atoms with Crippen LogP contribution in [0.15, 0.2) is 0 Å². The van der Waals surface area contributed by atoms with Gasteiger partial charge in [0.25, 0.3) is 0 Å². The Kier molecular flexibility index (Phi) is 5.42. The molecule has 102 valence electrons. The van der Waals surface area contributed by atoms with Crippen LogP contribution >= 0.6 is 0 Å². The highest BCUT2D eigenvalue weighted by Gasteiger charge is 2.24. The molecule has 1 aliphatic rings. The minimum absolute atomic E-state index is 0.320. The zero-order valence-electron chi connectivity index (χ0n) is 12.2. The standard InChI is InChI=1S/C14H30N2O/c1-11-10-17-12(2)9-16(11)7-6-13(15)8-14(3,4)5/h11-13H,6-10,15H2,1-5H3. The molecule has 0 aromatic rings. The molecule has 0 radical (unpaired) electrons. The topological polar surface area (TPSA) is 38.5 Å². The third kappa shape index (κ3) is 5.84. The van der Waals surface area contributed by atoms with Crippen molar-refractivity contribution in [1.29, 1.82) is 0 Å². The van der Waals surface area contributed by atoms with Crippen molar-refractivity contribution in [1.82, 2.24) is 4.90 Å². The Hall–Kier alpha value is -0.120. The van der Waals surface area contributed by atoms with E-state index in [2.05, 4.69) is 39.5 Å². The predicted octanol–water partition coefficient (Wildman–Crippen LogP) is 2.25. The van der Waals surface area contributed by atoms with Crippen LogP contribution in [0.5, 0.6) is 0 Å². The third-order valence-electron chi connectivity index (χ3n) is 3.40. The number of rotatable bonds is 4. The summed E-state index contributed by atoms with van der Waals surface area (Å²) >= 11 is 0. The molecule has 3 atom stereocenters. The molecule has 1 aliphatic heterocycles. The Morgan fingerprint density at radius 2 is 2.00 bits per heavy atom. The van der Waals surface area contributed by atoms with Gasteiger partial charge in [0.1, 0.15) is 0 Å². The van der Waals surface area contributed by atoms with Gasteiger partial charge in [-0.3, -0.25) is 4.90 Å². The van der Waals surface area contributed by atoms with Crippen molar-refractivity contribution in [3.63, 3.8) is 0 Å². The Labute approximate surface area is 107 Å². The summed E-state index contributed by atoms with van der Waals surface area (Å²) in [7, 11) is 0. The fourth-order valence-electron chi connectivity index (χ4n) is 2.50. The SMILES string of the molecule is CC1CN(CCC(N)CC(C)(C)C)C(C)CO1. The summed E-state index contributed by atoms with van der Waals surface area (Å²) < 4.78 is 5.63. The van der Waals surface area contributed by atoms with Crippen LogP contribution in [0.25, 0.3) is 0 Å². The number of nitrogens with zero attached hydrogens (tertiary/aromatic N) is 1. The molecule has 0 aromatic carbocycles. The highest BCUT2D eigenvalue weighted by molar-refractivity contribution is 4.78. The lowest BCUT2D eigenvalue weighted by Gasteiger charge is -2.37. The van der Waals surface area contributed by atoms with Crippen LogP contribution in [0.3, 0.4) is 0 Å². The normalized spacial score (nSPS) is 29.3. The third-order valence-corrected chi connectivity index (χ3v) is 3.40. The van der Waals surface area contributed by atoms with Gasteiger partial charge in [-0.05, 0) is 32.1 Å². The quantitative estimate of drug-likeness (QED) is 0.822. The van der Waals surface area contributed by atoms with Crippen molar-refractivity contribution in [3.8, 4) is 0 Å². The molecule has 2 N–H and O–H groups in total. The minimum atomic E-state index is 0.320. The van der Waals surface area contributed by atoms with E-state index in [9.17, 15) is 0 Å². The number of ether oxygens (including phenoxy) is 1. The van der Waals surface area contributed by atoms with Gasteiger partial charge < -0.3 is 10.5 Å². The van der Waals surface area contributed by atoms with E-state index >= 15 is 0 Å². The molecule has 0 aromatic heterocycles. The lowest BCUT2D eigenvalue weighted by atomic mass is 9.87. The second-order valence-corrected chi connectivity index (χ2v) is 6.80. The van der Waals surface area contributed by atoms with E-state index in [1.165, 1.54) is 0 Å². The van der Waals surface area contributed by atoms with Crippen molar-refractivity contribution in [2.45, 2.75) is 65.6 Å². The first-order valence-electron chi connectivity index (χ1n) is 6.89. The molecular weight excluding hydrogens is 212 g/mol. The number of hydrogen-bond acceptors (Lipinski definition) is 3. The first kappa shape index (κ1) is 14.9. The van der Waals surface area contributed by atoms with E-state index in [1.807, 2.05) is 0 Å². The molecule has 1 saturated heterocycles. The lowest BCUT2D eigenvalue weighted by Crippen LogP contribution is -2.48. The second-order valence-electron chi connectivity index (χ2n) is 6.80. The molecule has 1 fully saturated rings. The monoisotopic (exact) mass is 242 g/mol. The number of nitrogens with two attached hydrogens (primary N) is 1. The van der Waals surface area contributed by atoms with E-state index < -0.39 is 0 Å². The van der Waals surface area contributed by atoms with Crippen LogP contribution in [0, 0.1) is 5.41 Å². The molecular formula is C14H30N2O. The predicted molar refractivity (Wildman–Crippen MR) is 73.1 cm³/mol. The van der Waals surface area contributed by atoms with Gasteiger partial charge in [0.15, 0.2) is 0 Å². The van der Waals surface area contributed by atoms with Crippen molar-refractivity contribution >= 4 is 0 Å². The maximum Gasteiger partial charge on any atom is 0.0674 e. The summed E-state index contributed by atoms with van der Waals surface area (Å²) in [5, 5.41) is 0. The fourth-order valence-corrected chi connectivity index (χ4v) is 2.50. The van der Waals surface area contributed by atoms with Crippen LogP contribution in [0.2, 0.25) is 0 Å². The molecule has 0 spiro atoms. The minimum Gasteiger partial charge on any atom is -0.376 e. The van der Waals surface area contributed by atoms with E-state index in [-0.39, 0.29) is 0 Å². The Bertz CT molecular complexity index is 225. The van der Waals surface area contributed by atoms with E-state index in [4.69, 9.17) is 10.5 Å². The molecule has 0 aliphatic carbocycles. The Balaban J connectivity index is 2.29. The Morgan fingerprint density at radius 3 is 2.59 bits per heavy atom. The van der Waals surface area contributed by atoms with Gasteiger partial charge in [-0.25, -0.2) is 0 Å². The first-order valence-corrected chi connectivity index (χ1v) is 6.89. The first-order chi connectivity index (χ1) is 7.78. The lowest BCUT2D eigenvalue weighted by molar-refractivity contribution is -0.0501. The molecule has 1 rings (SSSR count). The van der Waals surface area contributed by atoms with Gasteiger partial charge in [-0.15, -0.1) is 0 Å². The zero-order valence-corrected chi connectivity index (χ0v) is 12.2. The van der Waals surface area contributed by atoms with E-state index in [0.29, 0.717) is 23.6 Å². The maximum atomic E-state index is 6.20. The van der Waals surface area contributed by atoms with Gasteiger partial charge in [0.05, 0.1) is 12.7 Å². The summed E-state index contributed by atoms with van der Waals surface area (Å²) in [6.45, 7) is 14.2. The van der Waals surface area contributed by atoms with Crippen LogP contribution < -0.4 is 5.73 Å². The molecule has 0 saturated carbocycles. The molecule has 0 bridgehead atoms. The smallest absolute Gasteiger partial charge is 0.0674 e. The molecule has 3 heteroatoms. The van der Waals surface area contributed by atoms with Gasteiger partial charge >= 0.3 is 0 Å².